The van der Waals surface area contributed by atoms with Crippen molar-refractivity contribution in [1.29, 1.82) is 0 Å². The molecule has 0 aromatic carbocycles. The van der Waals surface area contributed by atoms with Crippen LogP contribution in [0.4, 0.5) is 0 Å². The highest BCUT2D eigenvalue weighted by Crippen LogP contribution is 2.18. The van der Waals surface area contributed by atoms with E-state index in [-0.39, 0.29) is 31.1 Å². The maximum Gasteiger partial charge on any atom is 0.306 e. The first kappa shape index (κ1) is 69.4. The Morgan fingerprint density at radius 1 is 0.292 bits per heavy atom. The van der Waals surface area contributed by atoms with Crippen molar-refractivity contribution >= 4 is 17.9 Å². The van der Waals surface area contributed by atoms with Gasteiger partial charge in [-0.2, -0.15) is 0 Å². The maximum atomic E-state index is 12.9. The van der Waals surface area contributed by atoms with E-state index in [1.807, 2.05) is 0 Å². The molecule has 0 fully saturated rings. The summed E-state index contributed by atoms with van der Waals surface area (Å²) in [6.45, 7) is 6.54. The summed E-state index contributed by atoms with van der Waals surface area (Å²) in [6, 6.07) is 0. The number of allylic oxidation sites excluding steroid dienone is 8. The molecule has 1 unspecified atom stereocenters. The molecule has 0 saturated carbocycles. The Labute approximate surface area is 448 Å². The number of unbranched alkanes of at least 4 members (excludes halogenated alkanes) is 39. The van der Waals surface area contributed by atoms with Gasteiger partial charge in [-0.15, -0.1) is 0 Å². The smallest absolute Gasteiger partial charge is 0.306 e. The van der Waals surface area contributed by atoms with Crippen molar-refractivity contribution in [3.05, 3.63) is 48.6 Å². The van der Waals surface area contributed by atoms with E-state index in [1.165, 1.54) is 212 Å². The summed E-state index contributed by atoms with van der Waals surface area (Å²) in [5.74, 6) is -0.857. The van der Waals surface area contributed by atoms with Gasteiger partial charge >= 0.3 is 17.9 Å². The van der Waals surface area contributed by atoms with E-state index >= 15 is 0 Å². The lowest BCUT2D eigenvalue weighted by Crippen LogP contribution is -2.30. The molecule has 0 aromatic heterocycles. The van der Waals surface area contributed by atoms with E-state index in [1.54, 1.807) is 0 Å². The van der Waals surface area contributed by atoms with Crippen LogP contribution in [0.3, 0.4) is 0 Å². The summed E-state index contributed by atoms with van der Waals surface area (Å²) in [7, 11) is 0. The minimum Gasteiger partial charge on any atom is -0.462 e. The molecule has 0 aliphatic heterocycles. The fourth-order valence-corrected chi connectivity index (χ4v) is 9.38. The molecule has 0 spiro atoms. The van der Waals surface area contributed by atoms with Gasteiger partial charge in [0, 0.05) is 19.3 Å². The Morgan fingerprint density at radius 3 is 0.847 bits per heavy atom. The molecule has 1 atom stereocenters. The number of esters is 3. The molecule has 420 valence electrons. The number of hydrogen-bond donors (Lipinski definition) is 0. The normalized spacial score (nSPS) is 12.3. The highest BCUT2D eigenvalue weighted by Gasteiger charge is 2.19. The fourth-order valence-electron chi connectivity index (χ4n) is 9.38. The summed E-state index contributed by atoms with van der Waals surface area (Å²) in [4.78, 5) is 38.1. The predicted molar refractivity (Wildman–Crippen MR) is 312 cm³/mol. The Hall–Kier alpha value is -2.63. The topological polar surface area (TPSA) is 78.9 Å². The molecule has 0 radical (unpaired) electrons. The van der Waals surface area contributed by atoms with Crippen molar-refractivity contribution in [1.82, 2.24) is 0 Å². The molecule has 0 aliphatic carbocycles. The lowest BCUT2D eigenvalue weighted by molar-refractivity contribution is -0.167. The zero-order chi connectivity index (χ0) is 52.2. The largest absolute Gasteiger partial charge is 0.462 e. The number of rotatable bonds is 58. The lowest BCUT2D eigenvalue weighted by atomic mass is 10.0. The first-order valence-corrected chi connectivity index (χ1v) is 31.6. The average Bonchev–Trinajstić information content (AvgIpc) is 3.38. The molecular formula is C66H120O6. The van der Waals surface area contributed by atoms with Gasteiger partial charge in [0.2, 0.25) is 0 Å². The van der Waals surface area contributed by atoms with Crippen molar-refractivity contribution in [3.63, 3.8) is 0 Å². The first-order valence-electron chi connectivity index (χ1n) is 31.6. The second-order valence-electron chi connectivity index (χ2n) is 21.3. The van der Waals surface area contributed by atoms with E-state index in [4.69, 9.17) is 14.2 Å². The molecule has 0 rings (SSSR count). The number of hydrogen-bond acceptors (Lipinski definition) is 6. The second kappa shape index (κ2) is 60.9. The summed E-state index contributed by atoms with van der Waals surface area (Å²) < 4.78 is 16.8. The van der Waals surface area contributed by atoms with Gasteiger partial charge in [0.05, 0.1) is 0 Å². The van der Waals surface area contributed by atoms with Gasteiger partial charge in [-0.1, -0.05) is 307 Å². The molecule has 6 heteroatoms. The van der Waals surface area contributed by atoms with E-state index in [0.717, 1.165) is 83.5 Å². The molecule has 0 saturated heterocycles. The summed E-state index contributed by atoms with van der Waals surface area (Å²) >= 11 is 0. The lowest BCUT2D eigenvalue weighted by Gasteiger charge is -2.18. The van der Waals surface area contributed by atoms with Gasteiger partial charge in [-0.25, -0.2) is 0 Å². The van der Waals surface area contributed by atoms with Crippen LogP contribution in [0.15, 0.2) is 48.6 Å². The van der Waals surface area contributed by atoms with Crippen molar-refractivity contribution in [2.75, 3.05) is 13.2 Å². The minimum atomic E-state index is -0.768. The Morgan fingerprint density at radius 2 is 0.542 bits per heavy atom. The zero-order valence-electron chi connectivity index (χ0n) is 48.2. The Balaban J connectivity index is 4.10. The average molecular weight is 1010 g/mol. The van der Waals surface area contributed by atoms with Crippen LogP contribution in [0.5, 0.6) is 0 Å². The number of ether oxygens (including phenoxy) is 3. The van der Waals surface area contributed by atoms with Gasteiger partial charge in [0.1, 0.15) is 13.2 Å². The first-order chi connectivity index (χ1) is 35.5. The third kappa shape index (κ3) is 58.3. The van der Waals surface area contributed by atoms with Crippen LogP contribution < -0.4 is 0 Å². The van der Waals surface area contributed by atoms with Crippen LogP contribution in [-0.4, -0.2) is 37.2 Å². The molecule has 0 amide bonds. The van der Waals surface area contributed by atoms with Gasteiger partial charge in [-0.3, -0.25) is 14.4 Å². The Kier molecular flexibility index (Phi) is 58.7. The molecular weight excluding hydrogens is 889 g/mol. The SMILES string of the molecule is CC/C=C\C/C=C\C/C=C\C/C=C\CCCCCCCCCCCCCCC(=O)OCC(COC(=O)CCCCCCCCC)OC(=O)CCCCCCCCCCCCCCCCCCCCCCCC. The molecule has 6 nitrogen and oxygen atoms in total. The minimum absolute atomic E-state index is 0.0691. The van der Waals surface area contributed by atoms with Crippen LogP contribution in [0.1, 0.15) is 335 Å². The quantitative estimate of drug-likeness (QED) is 0.0261. The number of carbonyl (C=O) groups excluding carboxylic acids is 3. The van der Waals surface area contributed by atoms with Crippen molar-refractivity contribution in [3.8, 4) is 0 Å². The third-order valence-corrected chi connectivity index (χ3v) is 14.1. The van der Waals surface area contributed by atoms with E-state index in [0.29, 0.717) is 19.3 Å². The zero-order valence-corrected chi connectivity index (χ0v) is 48.2. The van der Waals surface area contributed by atoms with Gasteiger partial charge < -0.3 is 14.2 Å². The third-order valence-electron chi connectivity index (χ3n) is 14.1. The molecule has 0 aromatic rings. The van der Waals surface area contributed by atoms with Gasteiger partial charge in [-0.05, 0) is 57.8 Å². The van der Waals surface area contributed by atoms with Crippen LogP contribution >= 0.6 is 0 Å². The summed E-state index contributed by atoms with van der Waals surface area (Å²) in [5.41, 5.74) is 0. The molecule has 72 heavy (non-hydrogen) atoms. The van der Waals surface area contributed by atoms with Crippen LogP contribution in [0.2, 0.25) is 0 Å². The molecule has 0 heterocycles. The van der Waals surface area contributed by atoms with Gasteiger partial charge in [0.25, 0.3) is 0 Å². The fraction of sp³-hybridized carbons (Fsp3) is 0.833. The Bertz CT molecular complexity index is 1250. The van der Waals surface area contributed by atoms with E-state index < -0.39 is 6.10 Å². The van der Waals surface area contributed by atoms with E-state index in [2.05, 4.69) is 69.4 Å². The highest BCUT2D eigenvalue weighted by atomic mass is 16.6. The molecule has 0 N–H and O–H groups in total. The number of carbonyl (C=O) groups is 3. The van der Waals surface area contributed by atoms with Crippen LogP contribution in [0.25, 0.3) is 0 Å². The molecule has 0 bridgehead atoms. The monoisotopic (exact) mass is 1010 g/mol. The van der Waals surface area contributed by atoms with Gasteiger partial charge in [0.15, 0.2) is 6.10 Å². The highest BCUT2D eigenvalue weighted by molar-refractivity contribution is 5.71. The van der Waals surface area contributed by atoms with E-state index in [9.17, 15) is 14.4 Å². The molecule has 0 aliphatic rings. The van der Waals surface area contributed by atoms with Crippen LogP contribution in [-0.2, 0) is 28.6 Å². The predicted octanol–water partition coefficient (Wildman–Crippen LogP) is 21.4. The summed E-state index contributed by atoms with van der Waals surface area (Å²) in [6.07, 6.45) is 75.7. The van der Waals surface area contributed by atoms with Crippen LogP contribution in [0, 0.1) is 0 Å². The van der Waals surface area contributed by atoms with Crippen molar-refractivity contribution < 1.29 is 28.6 Å². The second-order valence-corrected chi connectivity index (χ2v) is 21.3. The summed E-state index contributed by atoms with van der Waals surface area (Å²) in [5, 5.41) is 0. The van der Waals surface area contributed by atoms with Crippen molar-refractivity contribution in [2.45, 2.75) is 341 Å². The standard InChI is InChI=1S/C66H120O6/c1-4-7-10-13-16-18-20-22-24-26-28-30-32-33-34-36-37-39-41-43-45-47-50-53-56-59-65(68)71-62-63(61-70-64(67)58-55-52-49-15-12-9-6-3)72-66(69)60-57-54-51-48-46-44-42-40-38-35-31-29-27-25-23-21-19-17-14-11-8-5-2/h7,10,16,18,22,24,28,30,63H,4-6,8-9,11-15,17,19-21,23,25-27,29,31-62H2,1-3H3/b10-7-,18-16-,24-22-,30-28-. The maximum absolute atomic E-state index is 12.9. The van der Waals surface area contributed by atoms with Crippen molar-refractivity contribution in [2.24, 2.45) is 0 Å².